The Labute approximate surface area is 75.7 Å². The SMILES string of the molecule is CC1(C)CC([15NH2])CC(C)([13CH2][15NH2])C1. The third kappa shape index (κ3) is 2.20. The molecule has 0 aliphatic heterocycles. The van der Waals surface area contributed by atoms with Crippen LogP contribution in [-0.2, 0) is 0 Å². The molecule has 2 heteroatoms. The van der Waals surface area contributed by atoms with E-state index >= 15 is 0 Å². The number of hydrogen-bond acceptors (Lipinski definition) is 2. The summed E-state index contributed by atoms with van der Waals surface area (Å²) in [6.07, 6.45) is 3.44. The molecule has 4 N–H and O–H groups in total. The molecule has 1 fully saturated rings. The number of nitrogens with two attached hydrogens (primary N) is 2. The average molecular weight is 173 g/mol. The highest BCUT2D eigenvalue weighted by Gasteiger charge is 2.38. The lowest BCUT2D eigenvalue weighted by atomic mass is 9.66. The van der Waals surface area contributed by atoms with Crippen molar-refractivity contribution in [3.8, 4) is 0 Å². The van der Waals surface area contributed by atoms with Gasteiger partial charge in [0.25, 0.3) is 0 Å². The van der Waals surface area contributed by atoms with Gasteiger partial charge in [0.1, 0.15) is 0 Å². The minimum atomic E-state index is 0.279. The van der Waals surface area contributed by atoms with E-state index in [2.05, 4.69) is 20.8 Å². The van der Waals surface area contributed by atoms with Gasteiger partial charge in [-0.15, -0.1) is 0 Å². The van der Waals surface area contributed by atoms with Crippen molar-refractivity contribution in [2.24, 2.45) is 22.3 Å². The van der Waals surface area contributed by atoms with Crippen LogP contribution in [0.25, 0.3) is 0 Å². The van der Waals surface area contributed by atoms with Crippen molar-refractivity contribution in [3.63, 3.8) is 0 Å². The summed E-state index contributed by atoms with van der Waals surface area (Å²) in [6, 6.07) is 0.349. The lowest BCUT2D eigenvalue weighted by Crippen LogP contribution is -2.45. The Morgan fingerprint density at radius 3 is 2.25 bits per heavy atom. The highest BCUT2D eigenvalue weighted by atomic mass is 15.5. The Morgan fingerprint density at radius 1 is 1.25 bits per heavy atom. The lowest BCUT2D eigenvalue weighted by Gasteiger charge is -2.45. The predicted molar refractivity (Wildman–Crippen MR) is 52.8 cm³/mol. The zero-order chi connectivity index (χ0) is 9.41. The fourth-order valence-corrected chi connectivity index (χ4v) is 2.87. The van der Waals surface area contributed by atoms with Crippen LogP contribution in [0.15, 0.2) is 0 Å². The highest BCUT2D eigenvalue weighted by Crippen LogP contribution is 2.44. The van der Waals surface area contributed by atoms with Crippen molar-refractivity contribution >= 4 is 0 Å². The number of rotatable bonds is 1. The fourth-order valence-electron chi connectivity index (χ4n) is 2.87. The lowest BCUT2D eigenvalue weighted by molar-refractivity contribution is 0.0904. The van der Waals surface area contributed by atoms with Gasteiger partial charge >= 0.3 is 0 Å². The second kappa shape index (κ2) is 3.00. The molecular formula is C10H22N2. The van der Waals surface area contributed by atoms with Gasteiger partial charge in [0.05, 0.1) is 0 Å². The van der Waals surface area contributed by atoms with Crippen molar-refractivity contribution < 1.29 is 0 Å². The molecule has 0 heterocycles. The van der Waals surface area contributed by atoms with Crippen molar-refractivity contribution in [2.75, 3.05) is 6.54 Å². The first kappa shape index (κ1) is 10.0. The summed E-state index contributed by atoms with van der Waals surface area (Å²) in [5, 5.41) is 0. The smallest absolute Gasteiger partial charge is 0.00495 e. The molecule has 0 radical (unpaired) electrons. The van der Waals surface area contributed by atoms with E-state index in [0.29, 0.717) is 11.5 Å². The molecule has 2 atom stereocenters. The summed E-state index contributed by atoms with van der Waals surface area (Å²) in [6.45, 7) is 7.61. The second-order valence-electron chi connectivity index (χ2n) is 5.52. The maximum absolute atomic E-state index is 6.01. The average Bonchev–Trinajstić information content (AvgIpc) is 1.82. The van der Waals surface area contributed by atoms with Gasteiger partial charge in [-0.2, -0.15) is 0 Å². The van der Waals surface area contributed by atoms with E-state index in [-0.39, 0.29) is 5.41 Å². The van der Waals surface area contributed by atoms with E-state index in [1.165, 1.54) is 6.42 Å². The first-order valence-electron chi connectivity index (χ1n) is 4.83. The van der Waals surface area contributed by atoms with Crippen LogP contribution < -0.4 is 11.5 Å². The zero-order valence-corrected chi connectivity index (χ0v) is 8.56. The molecule has 0 bridgehead atoms. The van der Waals surface area contributed by atoms with Crippen molar-refractivity contribution in [2.45, 2.75) is 46.1 Å². The van der Waals surface area contributed by atoms with E-state index < -0.39 is 0 Å². The molecule has 2 nitrogen and oxygen atoms in total. The maximum atomic E-state index is 6.01. The van der Waals surface area contributed by atoms with E-state index in [1.807, 2.05) is 0 Å². The van der Waals surface area contributed by atoms with Crippen LogP contribution in [0, 0.1) is 10.8 Å². The highest BCUT2D eigenvalue weighted by molar-refractivity contribution is 4.93. The van der Waals surface area contributed by atoms with Gasteiger partial charge in [-0.3, -0.25) is 0 Å². The van der Waals surface area contributed by atoms with Gasteiger partial charge in [-0.05, 0) is 36.6 Å². The first-order chi connectivity index (χ1) is 5.37. The fraction of sp³-hybridized carbons (Fsp3) is 1.00. The van der Waals surface area contributed by atoms with E-state index in [0.717, 1.165) is 19.4 Å². The van der Waals surface area contributed by atoms with Crippen molar-refractivity contribution in [1.82, 2.24) is 0 Å². The van der Waals surface area contributed by atoms with Gasteiger partial charge in [0.15, 0.2) is 0 Å². The molecule has 0 amide bonds. The van der Waals surface area contributed by atoms with Gasteiger partial charge in [0.2, 0.25) is 0 Å². The summed E-state index contributed by atoms with van der Waals surface area (Å²) in [5.41, 5.74) is 12.4. The van der Waals surface area contributed by atoms with Crippen LogP contribution in [0.5, 0.6) is 0 Å². The van der Waals surface area contributed by atoms with Crippen LogP contribution in [0.1, 0.15) is 40.0 Å². The second-order valence-corrected chi connectivity index (χ2v) is 5.52. The topological polar surface area (TPSA) is 52.0 Å². The minimum Gasteiger partial charge on any atom is -0.330 e. The molecule has 0 aromatic rings. The third-order valence-electron chi connectivity index (χ3n) is 2.97. The Morgan fingerprint density at radius 2 is 1.83 bits per heavy atom. The van der Waals surface area contributed by atoms with Gasteiger partial charge in [0, 0.05) is 6.04 Å². The maximum Gasteiger partial charge on any atom is 0.00495 e. The van der Waals surface area contributed by atoms with Gasteiger partial charge in [-0.1, -0.05) is 20.8 Å². The van der Waals surface area contributed by atoms with Crippen molar-refractivity contribution in [3.05, 3.63) is 0 Å². The molecule has 0 aromatic carbocycles. The molecule has 12 heavy (non-hydrogen) atoms. The normalized spacial score (nSPS) is 41.2. The van der Waals surface area contributed by atoms with Crippen molar-refractivity contribution in [1.29, 1.82) is 0 Å². The van der Waals surface area contributed by atoms with Crippen LogP contribution in [0.3, 0.4) is 0 Å². The molecule has 2 unspecified atom stereocenters. The van der Waals surface area contributed by atoms with Crippen LogP contribution in [0.2, 0.25) is 0 Å². The van der Waals surface area contributed by atoms with Crippen LogP contribution in [0.4, 0.5) is 0 Å². The summed E-state index contributed by atoms with van der Waals surface area (Å²) in [5.74, 6) is 0. The molecule has 1 aliphatic carbocycles. The third-order valence-corrected chi connectivity index (χ3v) is 2.97. The summed E-state index contributed by atoms with van der Waals surface area (Å²) < 4.78 is 0. The Balaban J connectivity index is 2.70. The molecule has 0 spiro atoms. The molecule has 1 rings (SSSR count). The van der Waals surface area contributed by atoms with Gasteiger partial charge < -0.3 is 11.5 Å². The predicted octanol–water partition coefficient (Wildman–Crippen LogP) is 1.49. The largest absolute Gasteiger partial charge is 0.330 e. The first-order valence-corrected chi connectivity index (χ1v) is 4.83. The summed E-state index contributed by atoms with van der Waals surface area (Å²) in [4.78, 5) is 0. The molecule has 72 valence electrons. The standard InChI is InChI=1S/C10H22N2/c1-9(2)4-8(12)5-10(3,6-9)7-11/h8H,4-7,11-12H2,1-3H3/i7+1,11+1,12+1. The molecular weight excluding hydrogens is 151 g/mol. The Kier molecular flexibility index (Phi) is 2.50. The molecule has 0 saturated heterocycles. The monoisotopic (exact) mass is 173 g/mol. The summed E-state index contributed by atoms with van der Waals surface area (Å²) >= 11 is 0. The van der Waals surface area contributed by atoms with Gasteiger partial charge in [-0.25, -0.2) is 0 Å². The van der Waals surface area contributed by atoms with Crippen LogP contribution >= 0.6 is 0 Å². The molecule has 1 saturated carbocycles. The Hall–Kier alpha value is -0.0800. The molecule has 0 aromatic heterocycles. The number of hydrogen-bond donors (Lipinski definition) is 2. The minimum absolute atomic E-state index is 0.279. The van der Waals surface area contributed by atoms with E-state index in [1.54, 1.807) is 0 Å². The summed E-state index contributed by atoms with van der Waals surface area (Å²) in [7, 11) is 0. The quantitative estimate of drug-likeness (QED) is 0.466. The van der Waals surface area contributed by atoms with E-state index in [9.17, 15) is 0 Å². The van der Waals surface area contributed by atoms with Crippen LogP contribution in [-0.4, -0.2) is 12.6 Å². The molecule has 1 aliphatic rings. The Bertz CT molecular complexity index is 165. The zero-order valence-electron chi connectivity index (χ0n) is 8.56. The van der Waals surface area contributed by atoms with E-state index in [4.69, 9.17) is 11.5 Å².